The van der Waals surface area contributed by atoms with Gasteiger partial charge in [-0.25, -0.2) is 0 Å². The van der Waals surface area contributed by atoms with E-state index in [0.29, 0.717) is 0 Å². The summed E-state index contributed by atoms with van der Waals surface area (Å²) in [7, 11) is 0. The molecule has 0 N–H and O–H groups in total. The van der Waals surface area contributed by atoms with Crippen molar-refractivity contribution in [2.24, 2.45) is 10.9 Å². The van der Waals surface area contributed by atoms with E-state index < -0.39 is 5.54 Å². The Kier molecular flexibility index (Phi) is 6.56. The van der Waals surface area contributed by atoms with Crippen LogP contribution in [0.15, 0.2) is 126 Å². The quantitative estimate of drug-likeness (QED) is 0.206. The van der Waals surface area contributed by atoms with E-state index in [1.54, 1.807) is 0 Å². The summed E-state index contributed by atoms with van der Waals surface area (Å²) in [6.45, 7) is 6.29. The van der Waals surface area contributed by atoms with Gasteiger partial charge in [0, 0.05) is 5.71 Å². The number of benzene rings is 4. The zero-order chi connectivity index (χ0) is 25.1. The number of carbonyl (C=O) groups excluding carboxylic acids is 1. The van der Waals surface area contributed by atoms with Gasteiger partial charge in [-0.05, 0) is 36.1 Å². The number of likely N-dealkylation sites (tertiary alicyclic amines) is 1. The number of β-lactam (4-membered cyclic amide) rings is 1. The number of nitrogens with zero attached hydrogens (tertiary/aromatic N) is 2. The Bertz CT molecular complexity index is 1260. The molecule has 2 atom stereocenters. The third-order valence-electron chi connectivity index (χ3n) is 7.73. The standard InChI is InChI=1S/C33H32N2O/c1-24-32(36)35(31(28-20-12-6-13-21-28)29-22-14-7-15-23-29)33(24,3)25(2)34-30(26-16-8-4-9-17-26)27-18-10-5-11-19-27/h4-24,30-31H,1-3H3/t24-,33+/m1/s1. The molecule has 180 valence electrons. The Morgan fingerprint density at radius 2 is 1.06 bits per heavy atom. The molecule has 3 heteroatoms. The molecule has 0 spiro atoms. The van der Waals surface area contributed by atoms with E-state index in [1.165, 1.54) is 0 Å². The first kappa shape index (κ1) is 23.7. The normalized spacial score (nSPS) is 20.0. The number of hydrogen-bond donors (Lipinski definition) is 0. The molecule has 1 amide bonds. The molecular formula is C33H32N2O. The maximum Gasteiger partial charge on any atom is 0.229 e. The second kappa shape index (κ2) is 9.94. The molecule has 3 nitrogen and oxygen atoms in total. The maximum atomic E-state index is 13.6. The van der Waals surface area contributed by atoms with Crippen LogP contribution in [0.1, 0.15) is 55.1 Å². The lowest BCUT2D eigenvalue weighted by Gasteiger charge is -2.58. The smallest absolute Gasteiger partial charge is 0.229 e. The molecule has 0 bridgehead atoms. The van der Waals surface area contributed by atoms with Crippen LogP contribution in [-0.2, 0) is 4.79 Å². The van der Waals surface area contributed by atoms with Crippen molar-refractivity contribution in [3.8, 4) is 0 Å². The minimum absolute atomic E-state index is 0.138. The van der Waals surface area contributed by atoms with Crippen LogP contribution in [0, 0.1) is 5.92 Å². The Morgan fingerprint density at radius 1 is 0.694 bits per heavy atom. The van der Waals surface area contributed by atoms with Gasteiger partial charge in [-0.15, -0.1) is 0 Å². The zero-order valence-electron chi connectivity index (χ0n) is 21.1. The molecule has 1 saturated heterocycles. The van der Waals surface area contributed by atoms with E-state index in [0.717, 1.165) is 28.0 Å². The fraction of sp³-hybridized carbons (Fsp3) is 0.212. The minimum Gasteiger partial charge on any atom is -0.320 e. The van der Waals surface area contributed by atoms with Crippen molar-refractivity contribution >= 4 is 11.6 Å². The summed E-state index contributed by atoms with van der Waals surface area (Å²) in [6, 6.07) is 41.1. The van der Waals surface area contributed by atoms with Crippen molar-refractivity contribution in [2.45, 2.75) is 38.4 Å². The first-order valence-corrected chi connectivity index (χ1v) is 12.6. The van der Waals surface area contributed by atoms with Gasteiger partial charge < -0.3 is 4.90 Å². The largest absolute Gasteiger partial charge is 0.320 e. The van der Waals surface area contributed by atoms with E-state index in [9.17, 15) is 4.79 Å². The fourth-order valence-corrected chi connectivity index (χ4v) is 5.40. The minimum atomic E-state index is -0.519. The van der Waals surface area contributed by atoms with Crippen LogP contribution in [0.2, 0.25) is 0 Å². The summed E-state index contributed by atoms with van der Waals surface area (Å²) in [4.78, 5) is 21.0. The summed E-state index contributed by atoms with van der Waals surface area (Å²) >= 11 is 0. The summed E-state index contributed by atoms with van der Waals surface area (Å²) in [5, 5.41) is 0. The molecule has 1 fully saturated rings. The molecule has 0 aromatic heterocycles. The summed E-state index contributed by atoms with van der Waals surface area (Å²) < 4.78 is 0. The van der Waals surface area contributed by atoms with Gasteiger partial charge in [-0.3, -0.25) is 9.79 Å². The van der Waals surface area contributed by atoms with Crippen molar-refractivity contribution in [2.75, 3.05) is 0 Å². The van der Waals surface area contributed by atoms with Crippen LogP contribution in [-0.4, -0.2) is 22.1 Å². The van der Waals surface area contributed by atoms with Crippen molar-refractivity contribution in [3.63, 3.8) is 0 Å². The average Bonchev–Trinajstić information content (AvgIpc) is 2.95. The molecule has 4 aromatic rings. The topological polar surface area (TPSA) is 32.7 Å². The molecule has 1 aliphatic heterocycles. The second-order valence-corrected chi connectivity index (χ2v) is 9.74. The van der Waals surface area contributed by atoms with Crippen molar-refractivity contribution in [3.05, 3.63) is 144 Å². The van der Waals surface area contributed by atoms with Crippen molar-refractivity contribution in [1.82, 2.24) is 4.90 Å². The van der Waals surface area contributed by atoms with Gasteiger partial charge >= 0.3 is 0 Å². The number of hydrogen-bond acceptors (Lipinski definition) is 2. The van der Waals surface area contributed by atoms with Gasteiger partial charge in [-0.1, -0.05) is 128 Å². The second-order valence-electron chi connectivity index (χ2n) is 9.74. The Labute approximate surface area is 214 Å². The molecule has 1 aliphatic rings. The Hall–Kier alpha value is -3.98. The van der Waals surface area contributed by atoms with Gasteiger partial charge in [0.2, 0.25) is 5.91 Å². The lowest BCUT2D eigenvalue weighted by atomic mass is 9.70. The highest BCUT2D eigenvalue weighted by Crippen LogP contribution is 2.47. The Balaban J connectivity index is 1.61. The third kappa shape index (κ3) is 4.15. The average molecular weight is 473 g/mol. The molecule has 36 heavy (non-hydrogen) atoms. The highest BCUT2D eigenvalue weighted by molar-refractivity contribution is 6.05. The molecule has 1 heterocycles. The van der Waals surface area contributed by atoms with Gasteiger partial charge in [0.25, 0.3) is 0 Å². The Morgan fingerprint density at radius 3 is 1.44 bits per heavy atom. The van der Waals surface area contributed by atoms with Crippen LogP contribution >= 0.6 is 0 Å². The zero-order valence-corrected chi connectivity index (χ0v) is 21.1. The van der Waals surface area contributed by atoms with Gasteiger partial charge in [-0.2, -0.15) is 0 Å². The van der Waals surface area contributed by atoms with Gasteiger partial charge in [0.1, 0.15) is 0 Å². The van der Waals surface area contributed by atoms with Crippen LogP contribution in [0.4, 0.5) is 0 Å². The summed E-state index contributed by atoms with van der Waals surface area (Å²) in [6.07, 6.45) is 0. The van der Waals surface area contributed by atoms with Crippen LogP contribution < -0.4 is 0 Å². The number of amides is 1. The van der Waals surface area contributed by atoms with Crippen molar-refractivity contribution in [1.29, 1.82) is 0 Å². The maximum absolute atomic E-state index is 13.6. The van der Waals surface area contributed by atoms with Gasteiger partial charge in [0.05, 0.1) is 23.5 Å². The first-order valence-electron chi connectivity index (χ1n) is 12.6. The van der Waals surface area contributed by atoms with E-state index in [2.05, 4.69) is 86.6 Å². The molecule has 5 rings (SSSR count). The lowest BCUT2D eigenvalue weighted by molar-refractivity contribution is -0.163. The van der Waals surface area contributed by atoms with E-state index >= 15 is 0 Å². The first-order chi connectivity index (χ1) is 17.5. The number of rotatable bonds is 7. The highest BCUT2D eigenvalue weighted by Gasteiger charge is 2.59. The molecular weight excluding hydrogens is 440 g/mol. The predicted molar refractivity (Wildman–Crippen MR) is 147 cm³/mol. The molecule has 0 radical (unpaired) electrons. The highest BCUT2D eigenvalue weighted by atomic mass is 16.2. The fourth-order valence-electron chi connectivity index (χ4n) is 5.40. The van der Waals surface area contributed by atoms with Crippen LogP contribution in [0.5, 0.6) is 0 Å². The van der Waals surface area contributed by atoms with Crippen molar-refractivity contribution < 1.29 is 4.79 Å². The van der Waals surface area contributed by atoms with Gasteiger partial charge in [0.15, 0.2) is 0 Å². The van der Waals surface area contributed by atoms with Crippen LogP contribution in [0.3, 0.4) is 0 Å². The molecule has 0 aliphatic carbocycles. The predicted octanol–water partition coefficient (Wildman–Crippen LogP) is 7.26. The lowest BCUT2D eigenvalue weighted by Crippen LogP contribution is -2.72. The SMILES string of the molecule is CC(=NC(c1ccccc1)c1ccccc1)[C@]1(C)[C@H](C)C(=O)N1C(c1ccccc1)c1ccccc1. The van der Waals surface area contributed by atoms with E-state index in [-0.39, 0.29) is 23.9 Å². The molecule has 4 aromatic carbocycles. The van der Waals surface area contributed by atoms with E-state index in [4.69, 9.17) is 4.99 Å². The van der Waals surface area contributed by atoms with E-state index in [1.807, 2.05) is 60.4 Å². The molecule has 0 unspecified atom stereocenters. The number of aliphatic imine (C=N–C) groups is 1. The molecule has 0 saturated carbocycles. The monoisotopic (exact) mass is 472 g/mol. The van der Waals surface area contributed by atoms with Crippen LogP contribution in [0.25, 0.3) is 0 Å². The summed E-state index contributed by atoms with van der Waals surface area (Å²) in [5.74, 6) is -0.0101. The number of carbonyl (C=O) groups is 1. The summed E-state index contributed by atoms with van der Waals surface area (Å²) in [5.41, 5.74) is 4.92. The third-order valence-corrected chi connectivity index (χ3v) is 7.73.